The first-order valence-electron chi connectivity index (χ1n) is 10.0. The van der Waals surface area contributed by atoms with Crippen molar-refractivity contribution in [2.45, 2.75) is 25.3 Å². The molecule has 0 bridgehead atoms. The number of pyridine rings is 1. The van der Waals surface area contributed by atoms with E-state index in [4.69, 9.17) is 4.74 Å². The zero-order valence-electron chi connectivity index (χ0n) is 17.6. The molecule has 0 amide bonds. The van der Waals surface area contributed by atoms with Gasteiger partial charge in [0.2, 0.25) is 10.0 Å². The van der Waals surface area contributed by atoms with Crippen molar-refractivity contribution in [3.63, 3.8) is 0 Å². The van der Waals surface area contributed by atoms with Crippen LogP contribution in [-0.4, -0.2) is 37.0 Å². The summed E-state index contributed by atoms with van der Waals surface area (Å²) in [5, 5.41) is 4.18. The molecule has 1 heterocycles. The third kappa shape index (κ3) is 6.13. The van der Waals surface area contributed by atoms with Crippen molar-refractivity contribution < 1.29 is 13.2 Å². The smallest absolute Gasteiger partial charge is 0.244 e. The SMILES string of the molecule is CCN(CC)S(=O)(=O)c1ccc(N/N=C\c2cccc(OCc3ccccc3)c2)nc1. The predicted octanol–water partition coefficient (Wildman–Crippen LogP) is 4.14. The highest BCUT2D eigenvalue weighted by atomic mass is 32.2. The van der Waals surface area contributed by atoms with Gasteiger partial charge in [0.05, 0.1) is 6.21 Å². The molecule has 3 aromatic rings. The third-order valence-electron chi connectivity index (χ3n) is 4.58. The number of anilines is 1. The first kappa shape index (κ1) is 22.5. The molecule has 162 valence electrons. The fourth-order valence-corrected chi connectivity index (χ4v) is 4.31. The Morgan fingerprint density at radius 1 is 1.03 bits per heavy atom. The molecule has 0 unspecified atom stereocenters. The largest absolute Gasteiger partial charge is 0.489 e. The van der Waals surface area contributed by atoms with Gasteiger partial charge in [-0.1, -0.05) is 56.3 Å². The second-order valence-electron chi connectivity index (χ2n) is 6.69. The quantitative estimate of drug-likeness (QED) is 0.380. The molecular formula is C23H26N4O3S. The number of nitrogens with one attached hydrogen (secondary N) is 1. The van der Waals surface area contributed by atoms with Crippen molar-refractivity contribution in [1.82, 2.24) is 9.29 Å². The fraction of sp³-hybridized carbons (Fsp3) is 0.217. The van der Waals surface area contributed by atoms with Crippen molar-refractivity contribution in [1.29, 1.82) is 0 Å². The molecule has 0 aliphatic carbocycles. The minimum absolute atomic E-state index is 0.161. The first-order valence-corrected chi connectivity index (χ1v) is 11.5. The minimum atomic E-state index is -3.52. The van der Waals surface area contributed by atoms with E-state index in [9.17, 15) is 8.42 Å². The van der Waals surface area contributed by atoms with Crippen LogP contribution in [0.2, 0.25) is 0 Å². The molecule has 3 rings (SSSR count). The lowest BCUT2D eigenvalue weighted by Gasteiger charge is -2.18. The molecule has 8 heteroatoms. The molecule has 0 fully saturated rings. The summed E-state index contributed by atoms with van der Waals surface area (Å²) in [5.41, 5.74) is 4.77. The number of rotatable bonds is 10. The van der Waals surface area contributed by atoms with Gasteiger partial charge in [-0.25, -0.2) is 13.4 Å². The minimum Gasteiger partial charge on any atom is -0.489 e. The Balaban J connectivity index is 1.59. The number of hydrogen-bond acceptors (Lipinski definition) is 6. The third-order valence-corrected chi connectivity index (χ3v) is 6.61. The summed E-state index contributed by atoms with van der Waals surface area (Å²) in [6.45, 7) is 4.93. The Labute approximate surface area is 183 Å². The van der Waals surface area contributed by atoms with Gasteiger partial charge in [-0.3, -0.25) is 5.43 Å². The Morgan fingerprint density at radius 3 is 2.48 bits per heavy atom. The molecule has 0 radical (unpaired) electrons. The van der Waals surface area contributed by atoms with Crippen LogP contribution in [0.1, 0.15) is 25.0 Å². The summed E-state index contributed by atoms with van der Waals surface area (Å²) in [6, 6.07) is 20.7. The Kier molecular flexibility index (Phi) is 7.75. The molecule has 31 heavy (non-hydrogen) atoms. The number of ether oxygens (including phenoxy) is 1. The van der Waals surface area contributed by atoms with Gasteiger partial charge in [0, 0.05) is 19.3 Å². The van der Waals surface area contributed by atoms with E-state index in [0.717, 1.165) is 16.9 Å². The Morgan fingerprint density at radius 2 is 1.81 bits per heavy atom. The normalized spacial score (nSPS) is 11.7. The van der Waals surface area contributed by atoms with Gasteiger partial charge >= 0.3 is 0 Å². The summed E-state index contributed by atoms with van der Waals surface area (Å²) in [6.07, 6.45) is 2.99. The van der Waals surface area contributed by atoms with Crippen LogP contribution < -0.4 is 10.2 Å². The summed E-state index contributed by atoms with van der Waals surface area (Å²) < 4.78 is 32.2. The average Bonchev–Trinajstić information content (AvgIpc) is 2.80. The zero-order chi connectivity index (χ0) is 22.1. The molecule has 0 aliphatic rings. The van der Waals surface area contributed by atoms with Crippen molar-refractivity contribution in [2.75, 3.05) is 18.5 Å². The van der Waals surface area contributed by atoms with E-state index < -0.39 is 10.0 Å². The molecule has 0 aliphatic heterocycles. The van der Waals surface area contributed by atoms with E-state index in [2.05, 4.69) is 15.5 Å². The first-order chi connectivity index (χ1) is 15.0. The standard InChI is InChI=1S/C23H26N4O3S/c1-3-27(4-2)31(28,29)22-13-14-23(24-17-22)26-25-16-20-11-8-12-21(15-20)30-18-19-9-6-5-7-10-19/h5-17H,3-4,18H2,1-2H3,(H,24,26)/b25-16-. The van der Waals surface area contributed by atoms with E-state index in [1.54, 1.807) is 26.1 Å². The lowest BCUT2D eigenvalue weighted by Crippen LogP contribution is -2.30. The van der Waals surface area contributed by atoms with Crippen molar-refractivity contribution >= 4 is 22.1 Å². The van der Waals surface area contributed by atoms with E-state index >= 15 is 0 Å². The van der Waals surface area contributed by atoms with Crippen LogP contribution in [0.4, 0.5) is 5.82 Å². The second kappa shape index (κ2) is 10.7. The van der Waals surface area contributed by atoms with E-state index in [-0.39, 0.29) is 4.90 Å². The summed E-state index contributed by atoms with van der Waals surface area (Å²) in [5.74, 6) is 1.20. The second-order valence-corrected chi connectivity index (χ2v) is 8.62. The molecule has 1 aromatic heterocycles. The molecular weight excluding hydrogens is 412 g/mol. The van der Waals surface area contributed by atoms with Gasteiger partial charge < -0.3 is 4.74 Å². The number of sulfonamides is 1. The van der Waals surface area contributed by atoms with Crippen LogP contribution >= 0.6 is 0 Å². The topological polar surface area (TPSA) is 83.9 Å². The lowest BCUT2D eigenvalue weighted by atomic mass is 10.2. The maximum Gasteiger partial charge on any atom is 0.244 e. The summed E-state index contributed by atoms with van der Waals surface area (Å²) in [7, 11) is -3.52. The molecule has 2 aromatic carbocycles. The van der Waals surface area contributed by atoms with E-state index in [0.29, 0.717) is 25.5 Å². The Bertz CT molecular complexity index is 1100. The monoisotopic (exact) mass is 438 g/mol. The highest BCUT2D eigenvalue weighted by Gasteiger charge is 2.21. The maximum absolute atomic E-state index is 12.5. The number of aromatic nitrogens is 1. The van der Waals surface area contributed by atoms with Gasteiger partial charge in [-0.15, -0.1) is 0 Å². The van der Waals surface area contributed by atoms with Crippen molar-refractivity contribution in [3.8, 4) is 5.75 Å². The lowest BCUT2D eigenvalue weighted by molar-refractivity contribution is 0.306. The average molecular weight is 439 g/mol. The summed E-state index contributed by atoms with van der Waals surface area (Å²) in [4.78, 5) is 4.31. The van der Waals surface area contributed by atoms with E-state index in [1.807, 2.05) is 54.6 Å². The predicted molar refractivity (Wildman–Crippen MR) is 123 cm³/mol. The summed E-state index contributed by atoms with van der Waals surface area (Å²) >= 11 is 0. The van der Waals surface area contributed by atoms with Crippen molar-refractivity contribution in [2.24, 2.45) is 5.10 Å². The van der Waals surface area contributed by atoms with Gasteiger partial charge in [0.25, 0.3) is 0 Å². The maximum atomic E-state index is 12.5. The van der Waals surface area contributed by atoms with Gasteiger partial charge in [-0.2, -0.15) is 9.41 Å². The van der Waals surface area contributed by atoms with Gasteiger partial charge in [-0.05, 0) is 35.4 Å². The molecule has 1 N–H and O–H groups in total. The fourth-order valence-electron chi connectivity index (χ4n) is 2.91. The van der Waals surface area contributed by atoms with Crippen LogP contribution in [0.5, 0.6) is 5.75 Å². The van der Waals surface area contributed by atoms with E-state index in [1.165, 1.54) is 16.6 Å². The number of benzene rings is 2. The highest BCUT2D eigenvalue weighted by molar-refractivity contribution is 7.89. The van der Waals surface area contributed by atoms with Gasteiger partial charge in [0.1, 0.15) is 23.1 Å². The molecule has 0 saturated heterocycles. The van der Waals surface area contributed by atoms with Crippen LogP contribution in [-0.2, 0) is 16.6 Å². The molecule has 0 spiro atoms. The number of nitrogens with zero attached hydrogens (tertiary/aromatic N) is 3. The molecule has 7 nitrogen and oxygen atoms in total. The Hall–Kier alpha value is -3.23. The van der Waals surface area contributed by atoms with Gasteiger partial charge in [0.15, 0.2) is 0 Å². The number of hydrogen-bond donors (Lipinski definition) is 1. The van der Waals surface area contributed by atoms with Crippen molar-refractivity contribution in [3.05, 3.63) is 84.1 Å². The van der Waals surface area contributed by atoms with Crippen LogP contribution in [0.3, 0.4) is 0 Å². The molecule has 0 saturated carbocycles. The number of hydrazone groups is 1. The van der Waals surface area contributed by atoms with Crippen LogP contribution in [0.15, 0.2) is 82.9 Å². The molecule has 0 atom stereocenters. The van der Waals surface area contributed by atoms with Crippen LogP contribution in [0, 0.1) is 0 Å². The van der Waals surface area contributed by atoms with Crippen LogP contribution in [0.25, 0.3) is 0 Å². The zero-order valence-corrected chi connectivity index (χ0v) is 18.4. The highest BCUT2D eigenvalue weighted by Crippen LogP contribution is 2.17.